The number of hydrogen-bond donors (Lipinski definition) is 0. The van der Waals surface area contributed by atoms with Crippen molar-refractivity contribution in [1.29, 1.82) is 0 Å². The molecule has 0 aliphatic carbocycles. The molecule has 0 fully saturated rings. The number of aromatic nitrogens is 2. The number of fused-ring (bicyclic) bond motifs is 1. The molecule has 0 bridgehead atoms. The predicted octanol–water partition coefficient (Wildman–Crippen LogP) is 4.14. The molecule has 0 atom stereocenters. The van der Waals surface area contributed by atoms with Crippen LogP contribution in [0.15, 0.2) is 12.3 Å². The lowest BCUT2D eigenvalue weighted by atomic mass is 10.1. The van der Waals surface area contributed by atoms with Gasteiger partial charge in [-0.05, 0) is 24.5 Å². The van der Waals surface area contributed by atoms with Gasteiger partial charge in [-0.1, -0.05) is 24.9 Å². The summed E-state index contributed by atoms with van der Waals surface area (Å²) in [6.07, 6.45) is -1.03. The Morgan fingerprint density at radius 2 is 2.14 bits per heavy atom. The Bertz CT molecular complexity index is 710. The molecule has 2 heterocycles. The summed E-state index contributed by atoms with van der Waals surface area (Å²) in [6.45, 7) is 1.95. The molecule has 0 aromatic carbocycles. The highest BCUT2D eigenvalue weighted by molar-refractivity contribution is 6.32. The number of unbranched alkanes of at least 4 members (excludes halogenated alkanes) is 1. The fourth-order valence-electron chi connectivity index (χ4n) is 2.13. The number of alkyl halides is 3. The summed E-state index contributed by atoms with van der Waals surface area (Å²) in [6, 6.07) is 1.05. The third-order valence-electron chi connectivity index (χ3n) is 3.22. The quantitative estimate of drug-likeness (QED) is 0.789. The minimum Gasteiger partial charge on any atom is -0.464 e. The lowest BCUT2D eigenvalue weighted by molar-refractivity contribution is -0.136. The smallest absolute Gasteiger partial charge is 0.419 e. The zero-order valence-electron chi connectivity index (χ0n) is 12.0. The van der Waals surface area contributed by atoms with Gasteiger partial charge in [0.1, 0.15) is 5.15 Å². The lowest BCUT2D eigenvalue weighted by Crippen LogP contribution is -2.09. The van der Waals surface area contributed by atoms with E-state index in [-0.39, 0.29) is 10.8 Å². The van der Waals surface area contributed by atoms with Gasteiger partial charge in [-0.2, -0.15) is 13.2 Å². The molecular weight excluding hydrogens is 321 g/mol. The number of methoxy groups -OCH3 is 1. The highest BCUT2D eigenvalue weighted by atomic mass is 35.5. The molecule has 2 rings (SSSR count). The summed E-state index contributed by atoms with van der Waals surface area (Å²) in [5.74, 6) is -0.878. The number of esters is 1. The number of hydrogen-bond acceptors (Lipinski definition) is 3. The molecule has 0 radical (unpaired) electrons. The average molecular weight is 335 g/mol. The van der Waals surface area contributed by atoms with Crippen molar-refractivity contribution in [3.05, 3.63) is 34.2 Å². The van der Waals surface area contributed by atoms with Gasteiger partial charge in [-0.3, -0.25) is 4.40 Å². The monoisotopic (exact) mass is 334 g/mol. The molecule has 0 saturated heterocycles. The number of carbonyl (C=O) groups excluding carboxylic acids is 1. The molecule has 0 unspecified atom stereocenters. The van der Waals surface area contributed by atoms with E-state index in [0.29, 0.717) is 12.0 Å². The first-order valence-corrected chi connectivity index (χ1v) is 7.03. The van der Waals surface area contributed by atoms with Gasteiger partial charge in [0.25, 0.3) is 0 Å². The van der Waals surface area contributed by atoms with E-state index in [4.69, 9.17) is 11.6 Å². The van der Waals surface area contributed by atoms with Crippen molar-refractivity contribution < 1.29 is 22.7 Å². The van der Waals surface area contributed by atoms with Gasteiger partial charge in [0.15, 0.2) is 11.3 Å². The van der Waals surface area contributed by atoms with Crippen LogP contribution in [0.2, 0.25) is 5.15 Å². The SMILES string of the molecule is CCCCc1cc(C(F)(F)F)c2nc(C(=O)OC)c(Cl)n2c1. The van der Waals surface area contributed by atoms with Crippen molar-refractivity contribution in [3.63, 3.8) is 0 Å². The number of rotatable bonds is 4. The Kier molecular flexibility index (Phi) is 4.65. The summed E-state index contributed by atoms with van der Waals surface area (Å²) in [4.78, 5) is 15.3. The Morgan fingerprint density at radius 1 is 1.45 bits per heavy atom. The Morgan fingerprint density at radius 3 is 2.68 bits per heavy atom. The zero-order chi connectivity index (χ0) is 16.5. The molecule has 4 nitrogen and oxygen atoms in total. The number of aryl methyl sites for hydroxylation is 1. The fraction of sp³-hybridized carbons (Fsp3) is 0.429. The van der Waals surface area contributed by atoms with E-state index in [2.05, 4.69) is 9.72 Å². The minimum atomic E-state index is -4.59. The molecule has 2 aromatic rings. The van der Waals surface area contributed by atoms with E-state index in [1.165, 1.54) is 6.20 Å². The number of halogens is 4. The third kappa shape index (κ3) is 3.04. The molecule has 2 aromatic heterocycles. The van der Waals surface area contributed by atoms with Gasteiger partial charge in [0, 0.05) is 6.20 Å². The first-order valence-electron chi connectivity index (χ1n) is 6.65. The predicted molar refractivity (Wildman–Crippen MR) is 75.2 cm³/mol. The van der Waals surface area contributed by atoms with Crippen molar-refractivity contribution in [2.75, 3.05) is 7.11 Å². The van der Waals surface area contributed by atoms with Crippen LogP contribution in [0, 0.1) is 0 Å². The first kappa shape index (κ1) is 16.6. The van der Waals surface area contributed by atoms with E-state index in [0.717, 1.165) is 30.4 Å². The fourth-order valence-corrected chi connectivity index (χ4v) is 2.37. The van der Waals surface area contributed by atoms with Gasteiger partial charge in [-0.25, -0.2) is 9.78 Å². The minimum absolute atomic E-state index is 0.189. The van der Waals surface area contributed by atoms with Crippen LogP contribution in [0.5, 0.6) is 0 Å². The van der Waals surface area contributed by atoms with Crippen LogP contribution < -0.4 is 0 Å². The maximum absolute atomic E-state index is 13.2. The zero-order valence-corrected chi connectivity index (χ0v) is 12.8. The molecule has 0 amide bonds. The van der Waals surface area contributed by atoms with Gasteiger partial charge >= 0.3 is 12.1 Å². The summed E-state index contributed by atoms with van der Waals surface area (Å²) in [5, 5.41) is -0.189. The Labute approximate surface area is 129 Å². The maximum atomic E-state index is 13.2. The Balaban J connectivity index is 2.70. The average Bonchev–Trinajstić information content (AvgIpc) is 2.80. The first-order chi connectivity index (χ1) is 10.3. The van der Waals surface area contributed by atoms with Crippen LogP contribution in [0.4, 0.5) is 13.2 Å². The summed E-state index contributed by atoms with van der Waals surface area (Å²) >= 11 is 5.99. The Hall–Kier alpha value is -1.76. The van der Waals surface area contributed by atoms with Crippen LogP contribution >= 0.6 is 11.6 Å². The topological polar surface area (TPSA) is 43.6 Å². The van der Waals surface area contributed by atoms with Crippen LogP contribution in [0.1, 0.15) is 41.4 Å². The van der Waals surface area contributed by atoms with Crippen LogP contribution in [0.25, 0.3) is 5.65 Å². The number of pyridine rings is 1. The molecular formula is C14H14ClF3N2O2. The highest BCUT2D eigenvalue weighted by Gasteiger charge is 2.36. The number of nitrogens with zero attached hydrogens (tertiary/aromatic N) is 2. The third-order valence-corrected chi connectivity index (χ3v) is 3.58. The summed E-state index contributed by atoms with van der Waals surface area (Å²) in [7, 11) is 1.11. The van der Waals surface area contributed by atoms with E-state index in [1.54, 1.807) is 0 Å². The molecule has 0 aliphatic heterocycles. The molecule has 120 valence electrons. The summed E-state index contributed by atoms with van der Waals surface area (Å²) in [5.41, 5.74) is -1.17. The van der Waals surface area contributed by atoms with E-state index >= 15 is 0 Å². The van der Waals surface area contributed by atoms with Crippen LogP contribution in [-0.4, -0.2) is 22.5 Å². The van der Waals surface area contributed by atoms with Crippen LogP contribution in [-0.2, 0) is 17.3 Å². The molecule has 8 heteroatoms. The molecule has 22 heavy (non-hydrogen) atoms. The largest absolute Gasteiger partial charge is 0.464 e. The van der Waals surface area contributed by atoms with Crippen LogP contribution in [0.3, 0.4) is 0 Å². The summed E-state index contributed by atoms with van der Waals surface area (Å²) < 4.78 is 45.3. The van der Waals surface area contributed by atoms with Gasteiger partial charge in [0.2, 0.25) is 0 Å². The van der Waals surface area contributed by atoms with E-state index in [9.17, 15) is 18.0 Å². The standard InChI is InChI=1S/C14H14ClF3N2O2/c1-3-4-5-8-6-9(14(16,17)18)12-19-10(13(21)22-2)11(15)20(12)7-8/h6-7H,3-5H2,1-2H3. The second kappa shape index (κ2) is 6.16. The second-order valence-corrected chi connectivity index (χ2v) is 5.16. The van der Waals surface area contributed by atoms with Crippen molar-refractivity contribution in [2.45, 2.75) is 32.4 Å². The van der Waals surface area contributed by atoms with E-state index in [1.807, 2.05) is 6.92 Å². The maximum Gasteiger partial charge on any atom is 0.419 e. The molecule has 0 N–H and O–H groups in total. The highest BCUT2D eigenvalue weighted by Crippen LogP contribution is 2.35. The normalized spacial score (nSPS) is 11.9. The number of ether oxygens (including phenoxy) is 1. The van der Waals surface area contributed by atoms with Crippen molar-refractivity contribution in [1.82, 2.24) is 9.38 Å². The van der Waals surface area contributed by atoms with Crippen molar-refractivity contribution >= 4 is 23.2 Å². The van der Waals surface area contributed by atoms with Gasteiger partial charge in [0.05, 0.1) is 12.7 Å². The number of imidazole rings is 1. The molecule has 0 saturated carbocycles. The molecule has 0 spiro atoms. The number of carbonyl (C=O) groups is 1. The van der Waals surface area contributed by atoms with Crippen molar-refractivity contribution in [2.24, 2.45) is 0 Å². The van der Waals surface area contributed by atoms with Gasteiger partial charge < -0.3 is 4.74 Å². The van der Waals surface area contributed by atoms with Gasteiger partial charge in [-0.15, -0.1) is 0 Å². The lowest BCUT2D eigenvalue weighted by Gasteiger charge is -2.11. The van der Waals surface area contributed by atoms with Crippen molar-refractivity contribution in [3.8, 4) is 0 Å². The second-order valence-electron chi connectivity index (χ2n) is 4.80. The van der Waals surface area contributed by atoms with E-state index < -0.39 is 23.4 Å². The molecule has 0 aliphatic rings.